The van der Waals surface area contributed by atoms with Crippen molar-refractivity contribution in [2.45, 2.75) is 13.8 Å². The molecule has 21 heavy (non-hydrogen) atoms. The molecule has 0 unspecified atom stereocenters. The van der Waals surface area contributed by atoms with Gasteiger partial charge in [-0.2, -0.15) is 0 Å². The molecule has 0 aliphatic carbocycles. The van der Waals surface area contributed by atoms with Crippen LogP contribution in [-0.2, 0) is 0 Å². The van der Waals surface area contributed by atoms with Crippen LogP contribution >= 0.6 is 11.6 Å². The van der Waals surface area contributed by atoms with Gasteiger partial charge in [-0.15, -0.1) is 0 Å². The van der Waals surface area contributed by atoms with Gasteiger partial charge in [-0.3, -0.25) is 0 Å². The highest BCUT2D eigenvalue weighted by atomic mass is 35.5. The number of halogens is 1. The van der Waals surface area contributed by atoms with Gasteiger partial charge in [-0.05, 0) is 13.8 Å². The summed E-state index contributed by atoms with van der Waals surface area (Å²) >= 11 is 6.16. The van der Waals surface area contributed by atoms with Crippen molar-refractivity contribution in [2.24, 2.45) is 0 Å². The first-order chi connectivity index (χ1) is 10.1. The van der Waals surface area contributed by atoms with Crippen LogP contribution in [0.4, 0.5) is 0 Å². The normalized spacial score (nSPS) is 10.6. The largest absolute Gasteiger partial charge is 0.228 e. The van der Waals surface area contributed by atoms with Crippen molar-refractivity contribution in [3.63, 3.8) is 0 Å². The van der Waals surface area contributed by atoms with Crippen molar-refractivity contribution in [3.8, 4) is 22.6 Å². The standard InChI is InChI=1S/C18H15ClN2/c1-12-3-7-14(8-4-12)16-11-17(19)21-18(20-16)15-9-5-13(2)6-10-15/h3-11H,1-2H3. The van der Waals surface area contributed by atoms with Gasteiger partial charge in [0.1, 0.15) is 5.15 Å². The maximum atomic E-state index is 6.16. The Kier molecular flexibility index (Phi) is 3.72. The third kappa shape index (κ3) is 3.11. The number of hydrogen-bond donors (Lipinski definition) is 0. The quantitative estimate of drug-likeness (QED) is 0.616. The van der Waals surface area contributed by atoms with Gasteiger partial charge in [0.15, 0.2) is 5.82 Å². The first kappa shape index (κ1) is 13.8. The van der Waals surface area contributed by atoms with Gasteiger partial charge in [-0.25, -0.2) is 9.97 Å². The first-order valence-corrected chi connectivity index (χ1v) is 7.18. The molecule has 3 aromatic rings. The maximum absolute atomic E-state index is 6.16. The van der Waals surface area contributed by atoms with Crippen LogP contribution in [0.15, 0.2) is 54.6 Å². The van der Waals surface area contributed by atoms with Crippen molar-refractivity contribution < 1.29 is 0 Å². The highest BCUT2D eigenvalue weighted by Gasteiger charge is 2.07. The van der Waals surface area contributed by atoms with Gasteiger partial charge < -0.3 is 0 Å². The minimum atomic E-state index is 0.455. The molecule has 2 nitrogen and oxygen atoms in total. The average Bonchev–Trinajstić information content (AvgIpc) is 2.48. The van der Waals surface area contributed by atoms with Crippen molar-refractivity contribution in [1.29, 1.82) is 0 Å². The van der Waals surface area contributed by atoms with E-state index >= 15 is 0 Å². The lowest BCUT2D eigenvalue weighted by molar-refractivity contribution is 1.18. The van der Waals surface area contributed by atoms with E-state index in [0.29, 0.717) is 11.0 Å². The number of aromatic nitrogens is 2. The van der Waals surface area contributed by atoms with E-state index in [0.717, 1.165) is 16.8 Å². The number of hydrogen-bond acceptors (Lipinski definition) is 2. The molecule has 1 aromatic heterocycles. The van der Waals surface area contributed by atoms with Crippen molar-refractivity contribution in [2.75, 3.05) is 0 Å². The molecule has 0 radical (unpaired) electrons. The summed E-state index contributed by atoms with van der Waals surface area (Å²) in [7, 11) is 0. The molecule has 2 aromatic carbocycles. The topological polar surface area (TPSA) is 25.8 Å². The van der Waals surface area contributed by atoms with Crippen molar-refractivity contribution in [3.05, 3.63) is 70.9 Å². The lowest BCUT2D eigenvalue weighted by Crippen LogP contribution is -1.93. The number of rotatable bonds is 2. The second kappa shape index (κ2) is 5.66. The molecule has 1 heterocycles. The Morgan fingerprint density at radius 1 is 0.714 bits per heavy atom. The minimum absolute atomic E-state index is 0.455. The van der Waals surface area contributed by atoms with Gasteiger partial charge in [-0.1, -0.05) is 71.3 Å². The van der Waals surface area contributed by atoms with Gasteiger partial charge >= 0.3 is 0 Å². The molecule has 0 amide bonds. The third-order valence-corrected chi connectivity index (χ3v) is 3.55. The number of nitrogens with zero attached hydrogens (tertiary/aromatic N) is 2. The molecule has 3 heteroatoms. The van der Waals surface area contributed by atoms with Crippen LogP contribution in [0.5, 0.6) is 0 Å². The zero-order valence-corrected chi connectivity index (χ0v) is 12.7. The SMILES string of the molecule is Cc1ccc(-c2cc(Cl)nc(-c3ccc(C)cc3)n2)cc1. The summed E-state index contributed by atoms with van der Waals surface area (Å²) in [6, 6.07) is 18.1. The minimum Gasteiger partial charge on any atom is -0.228 e. The fourth-order valence-corrected chi connectivity index (χ4v) is 2.30. The van der Waals surface area contributed by atoms with Crippen LogP contribution in [0.25, 0.3) is 22.6 Å². The summed E-state index contributed by atoms with van der Waals surface area (Å²) in [5, 5.41) is 0.455. The molecule has 0 saturated carbocycles. The Hall–Kier alpha value is -2.19. The summed E-state index contributed by atoms with van der Waals surface area (Å²) in [6.07, 6.45) is 0. The average molecular weight is 295 g/mol. The van der Waals surface area contributed by atoms with Crippen LogP contribution in [0.3, 0.4) is 0 Å². The van der Waals surface area contributed by atoms with Crippen LogP contribution < -0.4 is 0 Å². The van der Waals surface area contributed by atoms with Crippen LogP contribution in [0, 0.1) is 13.8 Å². The second-order valence-corrected chi connectivity index (χ2v) is 5.52. The van der Waals surface area contributed by atoms with E-state index in [2.05, 4.69) is 35.9 Å². The van der Waals surface area contributed by atoms with Crippen molar-refractivity contribution in [1.82, 2.24) is 9.97 Å². The third-order valence-electron chi connectivity index (χ3n) is 3.35. The van der Waals surface area contributed by atoms with E-state index in [1.165, 1.54) is 11.1 Å². The van der Waals surface area contributed by atoms with E-state index in [1.807, 2.05) is 36.4 Å². The molecule has 0 spiro atoms. The molecule has 0 N–H and O–H groups in total. The Morgan fingerprint density at radius 2 is 1.24 bits per heavy atom. The van der Waals surface area contributed by atoms with Gasteiger partial charge in [0.25, 0.3) is 0 Å². The van der Waals surface area contributed by atoms with Gasteiger partial charge in [0.2, 0.25) is 0 Å². The Bertz CT molecular complexity index is 698. The van der Waals surface area contributed by atoms with E-state index in [1.54, 1.807) is 6.07 Å². The van der Waals surface area contributed by atoms with Gasteiger partial charge in [0, 0.05) is 17.2 Å². The zero-order valence-electron chi connectivity index (χ0n) is 12.0. The van der Waals surface area contributed by atoms with Crippen LogP contribution in [0.2, 0.25) is 5.15 Å². The molecular weight excluding hydrogens is 280 g/mol. The van der Waals surface area contributed by atoms with Crippen LogP contribution in [0.1, 0.15) is 11.1 Å². The molecular formula is C18H15ClN2. The Morgan fingerprint density at radius 3 is 1.81 bits per heavy atom. The van der Waals surface area contributed by atoms with Crippen molar-refractivity contribution >= 4 is 11.6 Å². The predicted molar refractivity (Wildman–Crippen MR) is 87.4 cm³/mol. The zero-order chi connectivity index (χ0) is 14.8. The summed E-state index contributed by atoms with van der Waals surface area (Å²) in [4.78, 5) is 8.97. The Balaban J connectivity index is 2.07. The molecule has 0 aliphatic rings. The number of aryl methyl sites for hydroxylation is 2. The molecule has 3 rings (SSSR count). The summed E-state index contributed by atoms with van der Waals surface area (Å²) in [6.45, 7) is 4.12. The van der Waals surface area contributed by atoms with Gasteiger partial charge in [0.05, 0.1) is 5.69 Å². The lowest BCUT2D eigenvalue weighted by atomic mass is 10.1. The molecule has 0 atom stereocenters. The summed E-state index contributed by atoms with van der Waals surface area (Å²) in [5.74, 6) is 0.651. The Labute approximate surface area is 129 Å². The maximum Gasteiger partial charge on any atom is 0.161 e. The molecule has 0 bridgehead atoms. The summed E-state index contributed by atoms with van der Waals surface area (Å²) < 4.78 is 0. The highest BCUT2D eigenvalue weighted by molar-refractivity contribution is 6.29. The fourth-order valence-electron chi connectivity index (χ4n) is 2.12. The number of benzene rings is 2. The van der Waals surface area contributed by atoms with Crippen LogP contribution in [-0.4, -0.2) is 9.97 Å². The second-order valence-electron chi connectivity index (χ2n) is 5.13. The summed E-state index contributed by atoms with van der Waals surface area (Å²) in [5.41, 5.74) is 5.28. The molecule has 104 valence electrons. The molecule has 0 aliphatic heterocycles. The monoisotopic (exact) mass is 294 g/mol. The van der Waals surface area contributed by atoms with E-state index in [9.17, 15) is 0 Å². The molecule has 0 saturated heterocycles. The first-order valence-electron chi connectivity index (χ1n) is 6.80. The lowest BCUT2D eigenvalue weighted by Gasteiger charge is -2.06. The van der Waals surface area contributed by atoms with E-state index in [4.69, 9.17) is 11.6 Å². The predicted octanol–water partition coefficient (Wildman–Crippen LogP) is 5.08. The van der Waals surface area contributed by atoms with E-state index < -0.39 is 0 Å². The smallest absolute Gasteiger partial charge is 0.161 e. The molecule has 0 fully saturated rings. The highest BCUT2D eigenvalue weighted by Crippen LogP contribution is 2.24. The fraction of sp³-hybridized carbons (Fsp3) is 0.111. The van der Waals surface area contributed by atoms with E-state index in [-0.39, 0.29) is 0 Å².